The van der Waals surface area contributed by atoms with E-state index in [1.807, 2.05) is 36.4 Å². The van der Waals surface area contributed by atoms with Crippen molar-refractivity contribution in [2.45, 2.75) is 12.8 Å². The summed E-state index contributed by atoms with van der Waals surface area (Å²) in [4.78, 5) is 34.4. The number of carbonyl (C=O) groups excluding carboxylic acids is 2. The van der Waals surface area contributed by atoms with Crippen LogP contribution in [0.5, 0.6) is 0 Å². The zero-order chi connectivity index (χ0) is 22.2. The first-order valence-corrected chi connectivity index (χ1v) is 10.3. The van der Waals surface area contributed by atoms with Crippen molar-refractivity contribution < 1.29 is 14.0 Å². The summed E-state index contributed by atoms with van der Waals surface area (Å²) < 4.78 is 5.59. The van der Waals surface area contributed by atoms with Crippen molar-refractivity contribution in [2.24, 2.45) is 0 Å². The third-order valence-corrected chi connectivity index (χ3v) is 5.68. The number of amides is 2. The van der Waals surface area contributed by atoms with E-state index in [0.717, 1.165) is 40.9 Å². The van der Waals surface area contributed by atoms with Gasteiger partial charge in [0.15, 0.2) is 5.76 Å². The highest BCUT2D eigenvalue weighted by Crippen LogP contribution is 2.34. The van der Waals surface area contributed by atoms with Gasteiger partial charge in [0.05, 0.1) is 0 Å². The molecule has 0 radical (unpaired) electrons. The number of nitrogens with one attached hydrogen (secondary N) is 1. The molecule has 8 heteroatoms. The van der Waals surface area contributed by atoms with Gasteiger partial charge in [-0.15, -0.1) is 0 Å². The Morgan fingerprint density at radius 1 is 1.09 bits per heavy atom. The van der Waals surface area contributed by atoms with E-state index in [1.165, 1.54) is 0 Å². The second-order valence-electron chi connectivity index (χ2n) is 7.62. The number of hydrogen-bond donors (Lipinski definition) is 2. The fraction of sp³-hybridized carbons (Fsp3) is 0.167. The van der Waals surface area contributed by atoms with E-state index in [4.69, 9.17) is 10.2 Å². The molecule has 0 bridgehead atoms. The van der Waals surface area contributed by atoms with Crippen LogP contribution in [-0.2, 0) is 4.79 Å². The number of rotatable bonds is 4. The van der Waals surface area contributed by atoms with Crippen molar-refractivity contribution in [3.63, 3.8) is 0 Å². The van der Waals surface area contributed by atoms with Gasteiger partial charge in [0.25, 0.3) is 5.91 Å². The van der Waals surface area contributed by atoms with Crippen LogP contribution in [0.2, 0.25) is 0 Å². The maximum Gasteiger partial charge on any atom is 0.286 e. The van der Waals surface area contributed by atoms with Crippen LogP contribution in [0, 0.1) is 0 Å². The first kappa shape index (κ1) is 19.7. The predicted molar refractivity (Wildman–Crippen MR) is 122 cm³/mol. The topological polar surface area (TPSA) is 114 Å². The number of nitrogens with zero attached hydrogens (tertiary/aromatic N) is 3. The molecule has 8 nitrogen and oxygen atoms in total. The molecule has 1 aliphatic heterocycles. The molecule has 1 fully saturated rings. The Labute approximate surface area is 184 Å². The summed E-state index contributed by atoms with van der Waals surface area (Å²) in [6, 6.07) is 13.2. The summed E-state index contributed by atoms with van der Waals surface area (Å²) in [5, 5.41) is 3.27. The normalized spacial score (nSPS) is 13.7. The molecule has 4 aromatic rings. The first-order chi connectivity index (χ1) is 15.5. The number of nitrogens with two attached hydrogens (primary N) is 1. The van der Waals surface area contributed by atoms with Crippen LogP contribution in [0.3, 0.4) is 0 Å². The molecule has 1 saturated heterocycles. The summed E-state index contributed by atoms with van der Waals surface area (Å²) in [7, 11) is 1.55. The Balaban J connectivity index is 1.54. The molecule has 0 unspecified atom stereocenters. The van der Waals surface area contributed by atoms with Gasteiger partial charge in [0, 0.05) is 54.6 Å². The average Bonchev–Trinajstić information content (AvgIpc) is 3.45. The number of fused-ring (bicyclic) bond motifs is 1. The van der Waals surface area contributed by atoms with Gasteiger partial charge in [-0.05, 0) is 47.9 Å². The van der Waals surface area contributed by atoms with Crippen molar-refractivity contribution in [1.29, 1.82) is 0 Å². The van der Waals surface area contributed by atoms with Gasteiger partial charge >= 0.3 is 0 Å². The number of anilines is 2. The van der Waals surface area contributed by atoms with E-state index in [1.54, 1.807) is 30.4 Å². The smallest absolute Gasteiger partial charge is 0.286 e. The Morgan fingerprint density at radius 2 is 1.91 bits per heavy atom. The molecule has 3 N–H and O–H groups in total. The number of nitrogen functional groups attached to an aromatic ring is 1. The highest BCUT2D eigenvalue weighted by molar-refractivity contribution is 6.00. The third-order valence-electron chi connectivity index (χ3n) is 5.68. The number of benzene rings is 1. The fourth-order valence-electron chi connectivity index (χ4n) is 4.02. The number of aromatic nitrogens is 2. The van der Waals surface area contributed by atoms with Crippen LogP contribution in [0.1, 0.15) is 23.4 Å². The summed E-state index contributed by atoms with van der Waals surface area (Å²) >= 11 is 0. The van der Waals surface area contributed by atoms with E-state index in [-0.39, 0.29) is 17.6 Å². The number of hydrogen-bond acceptors (Lipinski definition) is 6. The van der Waals surface area contributed by atoms with Crippen molar-refractivity contribution in [2.75, 3.05) is 24.2 Å². The second-order valence-corrected chi connectivity index (χ2v) is 7.62. The van der Waals surface area contributed by atoms with Gasteiger partial charge in [-0.2, -0.15) is 0 Å². The lowest BCUT2D eigenvalue weighted by atomic mass is 9.99. The van der Waals surface area contributed by atoms with E-state index >= 15 is 0 Å². The molecule has 2 amide bonds. The molecule has 32 heavy (non-hydrogen) atoms. The highest BCUT2D eigenvalue weighted by Gasteiger charge is 2.22. The van der Waals surface area contributed by atoms with Gasteiger partial charge in [-0.25, -0.2) is 9.97 Å². The predicted octanol–water partition coefficient (Wildman–Crippen LogP) is 3.63. The van der Waals surface area contributed by atoms with Crippen LogP contribution in [0.4, 0.5) is 11.5 Å². The Hall–Kier alpha value is -4.20. The summed E-state index contributed by atoms with van der Waals surface area (Å²) in [6.07, 6.45) is 4.80. The lowest BCUT2D eigenvalue weighted by molar-refractivity contribution is -0.117. The molecule has 0 atom stereocenters. The Bertz CT molecular complexity index is 1340. The van der Waals surface area contributed by atoms with Crippen molar-refractivity contribution in [3.8, 4) is 22.3 Å². The molecule has 0 aliphatic carbocycles. The van der Waals surface area contributed by atoms with E-state index in [2.05, 4.69) is 15.3 Å². The van der Waals surface area contributed by atoms with Gasteiger partial charge in [0.1, 0.15) is 5.82 Å². The van der Waals surface area contributed by atoms with Gasteiger partial charge in [0.2, 0.25) is 11.6 Å². The maximum atomic E-state index is 12.0. The molecule has 4 heterocycles. The van der Waals surface area contributed by atoms with Gasteiger partial charge in [-0.3, -0.25) is 9.59 Å². The van der Waals surface area contributed by atoms with Crippen molar-refractivity contribution >= 4 is 34.4 Å². The monoisotopic (exact) mass is 427 g/mol. The molecule has 5 rings (SSSR count). The molecule has 0 spiro atoms. The molecule has 3 aromatic heterocycles. The number of furan rings is 1. The SMILES string of the molecule is CNC(=O)c1cc2c(-c3cnc(N)c(-c4ccc(N5CCCC5=O)cc4)c3)ccnc2o1. The summed E-state index contributed by atoms with van der Waals surface area (Å²) in [5.41, 5.74) is 10.8. The minimum Gasteiger partial charge on any atom is -0.433 e. The van der Waals surface area contributed by atoms with Crippen molar-refractivity contribution in [3.05, 3.63) is 60.6 Å². The highest BCUT2D eigenvalue weighted by atomic mass is 16.4. The van der Waals surface area contributed by atoms with Crippen LogP contribution in [0.15, 0.2) is 59.3 Å². The molecule has 1 aliphatic rings. The molecular formula is C24H21N5O3. The first-order valence-electron chi connectivity index (χ1n) is 10.3. The lowest BCUT2D eigenvalue weighted by Gasteiger charge is -2.16. The molecule has 160 valence electrons. The van der Waals surface area contributed by atoms with Crippen LogP contribution in [-0.4, -0.2) is 35.4 Å². The zero-order valence-electron chi connectivity index (χ0n) is 17.5. The summed E-state index contributed by atoms with van der Waals surface area (Å²) in [6.45, 7) is 0.748. The third kappa shape index (κ3) is 3.35. The van der Waals surface area contributed by atoms with Crippen molar-refractivity contribution in [1.82, 2.24) is 15.3 Å². The minimum atomic E-state index is -0.318. The van der Waals surface area contributed by atoms with E-state index in [9.17, 15) is 9.59 Å². The maximum absolute atomic E-state index is 12.0. The average molecular weight is 427 g/mol. The lowest BCUT2D eigenvalue weighted by Crippen LogP contribution is -2.23. The van der Waals surface area contributed by atoms with E-state index in [0.29, 0.717) is 23.3 Å². The Morgan fingerprint density at radius 3 is 2.62 bits per heavy atom. The largest absolute Gasteiger partial charge is 0.433 e. The van der Waals surface area contributed by atoms with Gasteiger partial charge < -0.3 is 20.4 Å². The molecule has 1 aromatic carbocycles. The molecular weight excluding hydrogens is 406 g/mol. The minimum absolute atomic E-state index is 0.152. The number of pyridine rings is 2. The number of carbonyl (C=O) groups is 2. The quantitative estimate of drug-likeness (QED) is 0.514. The summed E-state index contributed by atoms with van der Waals surface area (Å²) in [5.74, 6) is 0.431. The van der Waals surface area contributed by atoms with Gasteiger partial charge in [-0.1, -0.05) is 12.1 Å². The fourth-order valence-corrected chi connectivity index (χ4v) is 4.02. The molecule has 0 saturated carbocycles. The van der Waals surface area contributed by atoms with Crippen LogP contribution >= 0.6 is 0 Å². The Kier molecular flexibility index (Phi) is 4.82. The standard InChI is InChI=1S/C24H21N5O3/c1-26-23(31)20-12-19-17(8-9-27-24(19)32-20)15-11-18(22(25)28-13-15)14-4-6-16(7-5-14)29-10-2-3-21(29)30/h4-9,11-13H,2-3,10H2,1H3,(H2,25,28)(H,26,31). The second kappa shape index (κ2) is 7.81. The van der Waals surface area contributed by atoms with Crippen LogP contribution in [0.25, 0.3) is 33.4 Å². The van der Waals surface area contributed by atoms with E-state index < -0.39 is 0 Å². The zero-order valence-corrected chi connectivity index (χ0v) is 17.5. The van der Waals surface area contributed by atoms with Crippen LogP contribution < -0.4 is 16.0 Å².